The van der Waals surface area contributed by atoms with Crippen molar-refractivity contribution in [3.63, 3.8) is 0 Å². The maximum absolute atomic E-state index is 12.9. The van der Waals surface area contributed by atoms with Crippen molar-refractivity contribution in [2.24, 2.45) is 0 Å². The average molecular weight is 364 g/mol. The van der Waals surface area contributed by atoms with E-state index in [0.717, 1.165) is 46.5 Å². The second kappa shape index (κ2) is 7.25. The topological polar surface area (TPSA) is 58.1 Å². The van der Waals surface area contributed by atoms with Gasteiger partial charge in [-0.1, -0.05) is 24.3 Å². The molecule has 0 unspecified atom stereocenters. The third-order valence-electron chi connectivity index (χ3n) is 4.50. The SMILES string of the molecule is Cc1cnc(Nc2cccc([C@@H]3CCCN3C(=O)c3ccccc3)n2)s1. The summed E-state index contributed by atoms with van der Waals surface area (Å²) in [5.41, 5.74) is 1.65. The molecule has 5 nitrogen and oxygen atoms in total. The first-order valence-corrected chi connectivity index (χ1v) is 9.55. The van der Waals surface area contributed by atoms with Crippen molar-refractivity contribution in [3.05, 3.63) is 70.9 Å². The molecule has 0 radical (unpaired) electrons. The highest BCUT2D eigenvalue weighted by Crippen LogP contribution is 2.33. The van der Waals surface area contributed by atoms with Crippen LogP contribution in [0.15, 0.2) is 54.7 Å². The first kappa shape index (κ1) is 16.7. The zero-order chi connectivity index (χ0) is 17.9. The molecule has 1 aliphatic rings. The van der Waals surface area contributed by atoms with E-state index in [-0.39, 0.29) is 11.9 Å². The van der Waals surface area contributed by atoms with Crippen molar-refractivity contribution in [1.29, 1.82) is 0 Å². The Morgan fingerprint density at radius 3 is 2.81 bits per heavy atom. The van der Waals surface area contributed by atoms with Crippen LogP contribution in [0, 0.1) is 6.92 Å². The van der Waals surface area contributed by atoms with Crippen LogP contribution in [0.2, 0.25) is 0 Å². The Balaban J connectivity index is 1.56. The van der Waals surface area contributed by atoms with Crippen molar-refractivity contribution >= 4 is 28.2 Å². The van der Waals surface area contributed by atoms with Gasteiger partial charge < -0.3 is 10.2 Å². The molecule has 132 valence electrons. The smallest absolute Gasteiger partial charge is 0.254 e. The van der Waals surface area contributed by atoms with Gasteiger partial charge in [0.25, 0.3) is 5.91 Å². The number of rotatable bonds is 4. The molecular weight excluding hydrogens is 344 g/mol. The van der Waals surface area contributed by atoms with Crippen molar-refractivity contribution < 1.29 is 4.79 Å². The fraction of sp³-hybridized carbons (Fsp3) is 0.250. The quantitative estimate of drug-likeness (QED) is 0.737. The molecule has 3 aromatic rings. The highest BCUT2D eigenvalue weighted by Gasteiger charge is 2.31. The summed E-state index contributed by atoms with van der Waals surface area (Å²) < 4.78 is 0. The molecule has 4 rings (SSSR count). The van der Waals surface area contributed by atoms with Crippen LogP contribution in [0.4, 0.5) is 10.9 Å². The van der Waals surface area contributed by atoms with Crippen LogP contribution in [-0.2, 0) is 0 Å². The minimum Gasteiger partial charge on any atom is -0.330 e. The van der Waals surface area contributed by atoms with Crippen molar-refractivity contribution in [2.75, 3.05) is 11.9 Å². The molecule has 1 atom stereocenters. The summed E-state index contributed by atoms with van der Waals surface area (Å²) in [6.07, 6.45) is 3.77. The second-order valence-corrected chi connectivity index (χ2v) is 7.61. The lowest BCUT2D eigenvalue weighted by Gasteiger charge is -2.24. The number of hydrogen-bond donors (Lipinski definition) is 1. The summed E-state index contributed by atoms with van der Waals surface area (Å²) in [4.78, 5) is 25.0. The lowest BCUT2D eigenvalue weighted by molar-refractivity contribution is 0.0733. The van der Waals surface area contributed by atoms with Gasteiger partial charge in [0.1, 0.15) is 5.82 Å². The summed E-state index contributed by atoms with van der Waals surface area (Å²) in [7, 11) is 0. The summed E-state index contributed by atoms with van der Waals surface area (Å²) >= 11 is 1.60. The number of amides is 1. The molecule has 3 heterocycles. The number of carbonyl (C=O) groups is 1. The highest BCUT2D eigenvalue weighted by molar-refractivity contribution is 7.15. The normalized spacial score (nSPS) is 16.7. The Morgan fingerprint density at radius 1 is 1.19 bits per heavy atom. The number of nitrogens with one attached hydrogen (secondary N) is 1. The van der Waals surface area contributed by atoms with Gasteiger partial charge in [-0.25, -0.2) is 9.97 Å². The maximum Gasteiger partial charge on any atom is 0.254 e. The van der Waals surface area contributed by atoms with E-state index in [1.807, 2.05) is 66.6 Å². The minimum absolute atomic E-state index is 0.0162. The third-order valence-corrected chi connectivity index (χ3v) is 5.33. The fourth-order valence-corrected chi connectivity index (χ4v) is 3.96. The first-order chi connectivity index (χ1) is 12.7. The van der Waals surface area contributed by atoms with Gasteiger partial charge in [0.2, 0.25) is 0 Å². The van der Waals surface area contributed by atoms with E-state index >= 15 is 0 Å². The van der Waals surface area contributed by atoms with Gasteiger partial charge >= 0.3 is 0 Å². The van der Waals surface area contributed by atoms with Crippen molar-refractivity contribution in [2.45, 2.75) is 25.8 Å². The summed E-state index contributed by atoms with van der Waals surface area (Å²) in [6.45, 7) is 2.79. The Labute approximate surface area is 156 Å². The van der Waals surface area contributed by atoms with Crippen LogP contribution in [-0.4, -0.2) is 27.3 Å². The van der Waals surface area contributed by atoms with Gasteiger partial charge in [0.15, 0.2) is 5.13 Å². The number of thiazole rings is 1. The van der Waals surface area contributed by atoms with Crippen LogP contribution in [0.1, 0.15) is 39.8 Å². The maximum atomic E-state index is 12.9. The molecule has 1 N–H and O–H groups in total. The van der Waals surface area contributed by atoms with E-state index in [2.05, 4.69) is 10.3 Å². The van der Waals surface area contributed by atoms with Gasteiger partial charge in [0, 0.05) is 23.2 Å². The van der Waals surface area contributed by atoms with Crippen LogP contribution < -0.4 is 5.32 Å². The molecule has 0 aliphatic carbocycles. The molecule has 0 bridgehead atoms. The number of anilines is 2. The third kappa shape index (κ3) is 3.46. The Bertz CT molecular complexity index is 909. The average Bonchev–Trinajstić information content (AvgIpc) is 3.31. The summed E-state index contributed by atoms with van der Waals surface area (Å²) in [5, 5.41) is 4.09. The molecule has 6 heteroatoms. The van der Waals surface area contributed by atoms with Crippen molar-refractivity contribution in [3.8, 4) is 0 Å². The van der Waals surface area contributed by atoms with E-state index in [1.54, 1.807) is 11.3 Å². The number of aromatic nitrogens is 2. The second-order valence-electron chi connectivity index (χ2n) is 6.37. The van der Waals surface area contributed by atoms with Gasteiger partial charge in [-0.05, 0) is 44.0 Å². The molecule has 1 fully saturated rings. The fourth-order valence-electron chi connectivity index (χ4n) is 3.29. The number of nitrogens with zero attached hydrogens (tertiary/aromatic N) is 3. The predicted molar refractivity (Wildman–Crippen MR) is 104 cm³/mol. The predicted octanol–water partition coefficient (Wildman–Crippen LogP) is 4.57. The summed E-state index contributed by atoms with van der Waals surface area (Å²) in [6, 6.07) is 15.4. The molecule has 0 saturated carbocycles. The number of hydrogen-bond acceptors (Lipinski definition) is 5. The van der Waals surface area contributed by atoms with Gasteiger partial charge in [-0.3, -0.25) is 4.79 Å². The standard InChI is InChI=1S/C20H20N4OS/c1-14-13-21-20(26-14)23-18-11-5-9-16(22-18)17-10-6-12-24(17)19(25)15-7-3-2-4-8-15/h2-5,7-9,11,13,17H,6,10,12H2,1H3,(H,21,22,23)/t17-/m0/s1. The number of carbonyl (C=O) groups excluding carboxylic acids is 1. The molecule has 1 amide bonds. The largest absolute Gasteiger partial charge is 0.330 e. The van der Waals surface area contributed by atoms with E-state index in [9.17, 15) is 4.79 Å². The van der Waals surface area contributed by atoms with Gasteiger partial charge in [-0.2, -0.15) is 0 Å². The highest BCUT2D eigenvalue weighted by atomic mass is 32.1. The Kier molecular flexibility index (Phi) is 4.67. The van der Waals surface area contributed by atoms with Crippen molar-refractivity contribution in [1.82, 2.24) is 14.9 Å². The molecule has 1 aromatic carbocycles. The Hall–Kier alpha value is -2.73. The molecule has 1 aliphatic heterocycles. The van der Waals surface area contributed by atoms with E-state index in [0.29, 0.717) is 0 Å². The van der Waals surface area contributed by atoms with E-state index < -0.39 is 0 Å². The number of benzene rings is 1. The number of aryl methyl sites for hydroxylation is 1. The first-order valence-electron chi connectivity index (χ1n) is 8.73. The lowest BCUT2D eigenvalue weighted by atomic mass is 10.1. The zero-order valence-corrected chi connectivity index (χ0v) is 15.4. The van der Waals surface area contributed by atoms with Crippen LogP contribution >= 0.6 is 11.3 Å². The molecule has 0 spiro atoms. The van der Waals surface area contributed by atoms with Gasteiger partial charge in [0.05, 0.1) is 11.7 Å². The lowest BCUT2D eigenvalue weighted by Crippen LogP contribution is -2.31. The minimum atomic E-state index is 0.0162. The summed E-state index contributed by atoms with van der Waals surface area (Å²) in [5.74, 6) is 0.833. The van der Waals surface area contributed by atoms with Crippen LogP contribution in [0.5, 0.6) is 0 Å². The number of pyridine rings is 1. The van der Waals surface area contributed by atoms with E-state index in [4.69, 9.17) is 4.98 Å². The molecule has 2 aromatic heterocycles. The molecule has 26 heavy (non-hydrogen) atoms. The van der Waals surface area contributed by atoms with Crippen LogP contribution in [0.3, 0.4) is 0 Å². The number of likely N-dealkylation sites (tertiary alicyclic amines) is 1. The van der Waals surface area contributed by atoms with Gasteiger partial charge in [-0.15, -0.1) is 11.3 Å². The molecule has 1 saturated heterocycles. The zero-order valence-electron chi connectivity index (χ0n) is 14.6. The van der Waals surface area contributed by atoms with E-state index in [1.165, 1.54) is 0 Å². The Morgan fingerprint density at radius 2 is 2.04 bits per heavy atom. The van der Waals surface area contributed by atoms with Crippen LogP contribution in [0.25, 0.3) is 0 Å². The monoisotopic (exact) mass is 364 g/mol. The molecular formula is C20H20N4OS.